The highest BCUT2D eigenvalue weighted by Crippen LogP contribution is 2.32. The minimum absolute atomic E-state index is 0.0133. The second kappa shape index (κ2) is 5.82. The van der Waals surface area contributed by atoms with Crippen molar-refractivity contribution in [2.24, 2.45) is 11.7 Å². The fourth-order valence-electron chi connectivity index (χ4n) is 1.80. The van der Waals surface area contributed by atoms with Gasteiger partial charge < -0.3 is 15.8 Å². The smallest absolute Gasteiger partial charge is 0.225 e. The van der Waals surface area contributed by atoms with Crippen LogP contribution >= 0.6 is 0 Å². The minimum Gasteiger partial charge on any atom is -0.478 e. The highest BCUT2D eigenvalue weighted by molar-refractivity contribution is 5.90. The summed E-state index contributed by atoms with van der Waals surface area (Å²) in [6.07, 6.45) is 4.27. The summed E-state index contributed by atoms with van der Waals surface area (Å²) in [5.74, 6) is 1.04. The zero-order valence-corrected chi connectivity index (χ0v) is 10.6. The van der Waals surface area contributed by atoms with Gasteiger partial charge in [0.1, 0.15) is 0 Å². The van der Waals surface area contributed by atoms with Gasteiger partial charge >= 0.3 is 0 Å². The minimum atomic E-state index is -0.0552. The van der Waals surface area contributed by atoms with Crippen LogP contribution in [0.15, 0.2) is 18.3 Å². The fraction of sp³-hybridized carbons (Fsp3) is 0.538. The van der Waals surface area contributed by atoms with Crippen LogP contribution in [-0.4, -0.2) is 23.5 Å². The zero-order valence-electron chi connectivity index (χ0n) is 10.6. The molecule has 1 aliphatic carbocycles. The quantitative estimate of drug-likeness (QED) is 0.801. The lowest BCUT2D eigenvalue weighted by molar-refractivity contribution is -0.116. The molecule has 1 unspecified atom stereocenters. The average Bonchev–Trinajstić information content (AvgIpc) is 3.16. The molecule has 1 saturated carbocycles. The van der Waals surface area contributed by atoms with Gasteiger partial charge in [-0.1, -0.05) is 0 Å². The number of pyridine rings is 1. The standard InChI is InChI=1S/C13H19N3O2/c1-2-18-13-6-5-10(8-15-13)16-12(17)7-11(14)9-3-4-9/h5-6,8-9,11H,2-4,7,14H2,1H3,(H,16,17). The Labute approximate surface area is 107 Å². The molecule has 98 valence electrons. The van der Waals surface area contributed by atoms with Crippen LogP contribution in [0.4, 0.5) is 5.69 Å². The van der Waals surface area contributed by atoms with Gasteiger partial charge in [0.05, 0.1) is 18.5 Å². The Morgan fingerprint density at radius 2 is 2.39 bits per heavy atom. The van der Waals surface area contributed by atoms with Crippen molar-refractivity contribution in [2.75, 3.05) is 11.9 Å². The summed E-state index contributed by atoms with van der Waals surface area (Å²) in [5, 5.41) is 2.79. The summed E-state index contributed by atoms with van der Waals surface area (Å²) in [7, 11) is 0. The van der Waals surface area contributed by atoms with E-state index < -0.39 is 0 Å². The van der Waals surface area contributed by atoms with Crippen LogP contribution in [0.3, 0.4) is 0 Å². The summed E-state index contributed by atoms with van der Waals surface area (Å²) < 4.78 is 5.23. The van der Waals surface area contributed by atoms with E-state index in [0.29, 0.717) is 30.5 Å². The first-order valence-corrected chi connectivity index (χ1v) is 6.33. The number of carbonyl (C=O) groups excluding carboxylic acids is 1. The molecular weight excluding hydrogens is 230 g/mol. The molecule has 18 heavy (non-hydrogen) atoms. The predicted octanol–water partition coefficient (Wildman–Crippen LogP) is 1.55. The van der Waals surface area contributed by atoms with Gasteiger partial charge in [0.2, 0.25) is 11.8 Å². The lowest BCUT2D eigenvalue weighted by Crippen LogP contribution is -2.28. The normalized spacial score (nSPS) is 16.1. The molecule has 0 spiro atoms. The number of hydrogen-bond acceptors (Lipinski definition) is 4. The summed E-state index contributed by atoms with van der Waals surface area (Å²) >= 11 is 0. The van der Waals surface area contributed by atoms with Crippen molar-refractivity contribution in [3.05, 3.63) is 18.3 Å². The number of nitrogens with one attached hydrogen (secondary N) is 1. The van der Waals surface area contributed by atoms with E-state index in [9.17, 15) is 4.79 Å². The Balaban J connectivity index is 1.82. The second-order valence-corrected chi connectivity index (χ2v) is 4.57. The number of amides is 1. The maximum Gasteiger partial charge on any atom is 0.225 e. The summed E-state index contributed by atoms with van der Waals surface area (Å²) in [5.41, 5.74) is 6.57. The van der Waals surface area contributed by atoms with Crippen molar-refractivity contribution in [3.8, 4) is 5.88 Å². The lowest BCUT2D eigenvalue weighted by Gasteiger charge is -2.10. The molecule has 1 amide bonds. The number of aromatic nitrogens is 1. The van der Waals surface area contributed by atoms with Crippen LogP contribution in [0.2, 0.25) is 0 Å². The van der Waals surface area contributed by atoms with Gasteiger partial charge in [-0.25, -0.2) is 4.98 Å². The number of anilines is 1. The molecule has 2 rings (SSSR count). The SMILES string of the molecule is CCOc1ccc(NC(=O)CC(N)C2CC2)cn1. The number of hydrogen-bond donors (Lipinski definition) is 2. The molecule has 1 aliphatic rings. The van der Waals surface area contributed by atoms with Crippen molar-refractivity contribution in [1.82, 2.24) is 4.98 Å². The topological polar surface area (TPSA) is 77.2 Å². The molecule has 0 bridgehead atoms. The van der Waals surface area contributed by atoms with Crippen LogP contribution in [0.5, 0.6) is 5.88 Å². The van der Waals surface area contributed by atoms with Gasteiger partial charge in [-0.3, -0.25) is 4.79 Å². The molecule has 3 N–H and O–H groups in total. The van der Waals surface area contributed by atoms with E-state index in [2.05, 4.69) is 10.3 Å². The van der Waals surface area contributed by atoms with Crippen LogP contribution in [0, 0.1) is 5.92 Å². The first-order valence-electron chi connectivity index (χ1n) is 6.33. The van der Waals surface area contributed by atoms with E-state index in [1.54, 1.807) is 18.3 Å². The van der Waals surface area contributed by atoms with E-state index in [4.69, 9.17) is 10.5 Å². The summed E-state index contributed by atoms with van der Waals surface area (Å²) in [6, 6.07) is 3.50. The zero-order chi connectivity index (χ0) is 13.0. The van der Waals surface area contributed by atoms with Crippen molar-refractivity contribution >= 4 is 11.6 Å². The van der Waals surface area contributed by atoms with Crippen LogP contribution in [0.25, 0.3) is 0 Å². The van der Waals surface area contributed by atoms with Gasteiger partial charge in [-0.2, -0.15) is 0 Å². The van der Waals surface area contributed by atoms with Crippen LogP contribution in [0.1, 0.15) is 26.2 Å². The lowest BCUT2D eigenvalue weighted by atomic mass is 10.1. The molecular formula is C13H19N3O2. The Morgan fingerprint density at radius 1 is 1.61 bits per heavy atom. The molecule has 1 aromatic rings. The predicted molar refractivity (Wildman–Crippen MR) is 69.4 cm³/mol. The second-order valence-electron chi connectivity index (χ2n) is 4.57. The number of ether oxygens (including phenoxy) is 1. The van der Waals surface area contributed by atoms with E-state index >= 15 is 0 Å². The molecule has 5 heteroatoms. The first kappa shape index (κ1) is 12.8. The van der Waals surface area contributed by atoms with Crippen LogP contribution in [-0.2, 0) is 4.79 Å². The largest absolute Gasteiger partial charge is 0.478 e. The number of nitrogens with zero attached hydrogens (tertiary/aromatic N) is 1. The van der Waals surface area contributed by atoms with E-state index in [1.165, 1.54) is 0 Å². The number of carbonyl (C=O) groups is 1. The van der Waals surface area contributed by atoms with E-state index in [1.807, 2.05) is 6.92 Å². The highest BCUT2D eigenvalue weighted by atomic mass is 16.5. The Bertz CT molecular complexity index is 401. The average molecular weight is 249 g/mol. The van der Waals surface area contributed by atoms with Gasteiger partial charge in [-0.15, -0.1) is 0 Å². The number of nitrogens with two attached hydrogens (primary N) is 1. The van der Waals surface area contributed by atoms with Crippen molar-refractivity contribution in [3.63, 3.8) is 0 Å². The van der Waals surface area contributed by atoms with Crippen molar-refractivity contribution in [1.29, 1.82) is 0 Å². The third-order valence-electron chi connectivity index (χ3n) is 2.96. The summed E-state index contributed by atoms with van der Waals surface area (Å²) in [6.45, 7) is 2.48. The third-order valence-corrected chi connectivity index (χ3v) is 2.96. The molecule has 1 heterocycles. The molecule has 0 saturated heterocycles. The maximum atomic E-state index is 11.7. The molecule has 1 fully saturated rings. The van der Waals surface area contributed by atoms with E-state index in [-0.39, 0.29) is 11.9 Å². The van der Waals surface area contributed by atoms with Crippen molar-refractivity contribution < 1.29 is 9.53 Å². The van der Waals surface area contributed by atoms with Crippen molar-refractivity contribution in [2.45, 2.75) is 32.2 Å². The monoisotopic (exact) mass is 249 g/mol. The first-order chi connectivity index (χ1) is 8.69. The fourth-order valence-corrected chi connectivity index (χ4v) is 1.80. The molecule has 0 aliphatic heterocycles. The van der Waals surface area contributed by atoms with Gasteiger partial charge in [0, 0.05) is 18.5 Å². The Morgan fingerprint density at radius 3 is 2.94 bits per heavy atom. The Kier molecular flexibility index (Phi) is 4.15. The van der Waals surface area contributed by atoms with Crippen LogP contribution < -0.4 is 15.8 Å². The third kappa shape index (κ3) is 3.70. The molecule has 0 radical (unpaired) electrons. The Hall–Kier alpha value is -1.62. The molecule has 5 nitrogen and oxygen atoms in total. The van der Waals surface area contributed by atoms with Gasteiger partial charge in [0.15, 0.2) is 0 Å². The highest BCUT2D eigenvalue weighted by Gasteiger charge is 2.29. The maximum absolute atomic E-state index is 11.7. The number of rotatable bonds is 6. The van der Waals surface area contributed by atoms with Gasteiger partial charge in [-0.05, 0) is 31.7 Å². The molecule has 0 aromatic carbocycles. The van der Waals surface area contributed by atoms with Gasteiger partial charge in [0.25, 0.3) is 0 Å². The molecule has 1 aromatic heterocycles. The van der Waals surface area contributed by atoms with E-state index in [0.717, 1.165) is 12.8 Å². The summed E-state index contributed by atoms with van der Waals surface area (Å²) in [4.78, 5) is 15.8. The molecule has 1 atom stereocenters.